The summed E-state index contributed by atoms with van der Waals surface area (Å²) in [5, 5.41) is 18.6. The summed E-state index contributed by atoms with van der Waals surface area (Å²) in [5.41, 5.74) is 2.00. The van der Waals surface area contributed by atoms with Gasteiger partial charge in [0.15, 0.2) is 0 Å². The maximum absolute atomic E-state index is 13.2. The Balaban J connectivity index is 0.000000696. The van der Waals surface area contributed by atoms with Gasteiger partial charge in [0.25, 0.3) is 0 Å². The van der Waals surface area contributed by atoms with Gasteiger partial charge in [-0.15, -0.1) is 0 Å². The third kappa shape index (κ3) is 11.0. The van der Waals surface area contributed by atoms with Gasteiger partial charge in [-0.05, 0) is 82.3 Å². The number of aryl methyl sites for hydroxylation is 2. The highest BCUT2D eigenvalue weighted by Crippen LogP contribution is 2.24. The first-order chi connectivity index (χ1) is 19.7. The second-order valence-corrected chi connectivity index (χ2v) is 11.5. The number of piperidine rings is 1. The van der Waals surface area contributed by atoms with Gasteiger partial charge >= 0.3 is 5.97 Å². The van der Waals surface area contributed by atoms with Crippen LogP contribution in [0.3, 0.4) is 0 Å². The fraction of sp³-hybridized carbons (Fsp3) is 0.516. The molecule has 0 saturated carbocycles. The zero-order valence-electron chi connectivity index (χ0n) is 24.0. The Labute approximate surface area is 253 Å². The molecule has 0 unspecified atom stereocenters. The fourth-order valence-corrected chi connectivity index (χ4v) is 5.44. The number of hydrogen-bond acceptors (Lipinski definition) is 6. The Hall–Kier alpha value is -2.49. The highest BCUT2D eigenvalue weighted by Gasteiger charge is 2.33. The van der Waals surface area contributed by atoms with Crippen LogP contribution in [0.5, 0.6) is 0 Å². The molecular weight excluding hydrogens is 563 g/mol. The second-order valence-electron chi connectivity index (χ2n) is 10.7. The minimum Gasteiger partial charge on any atom is -0.478 e. The fourth-order valence-electron chi connectivity index (χ4n) is 5.12. The van der Waals surface area contributed by atoms with Gasteiger partial charge < -0.3 is 15.1 Å². The van der Waals surface area contributed by atoms with Crippen molar-refractivity contribution in [3.05, 3.63) is 69.9 Å². The topological polar surface area (TPSA) is 97.2 Å². The predicted molar refractivity (Wildman–Crippen MR) is 165 cm³/mol. The number of carbonyl (C=O) groups is 2. The first-order valence-electron chi connectivity index (χ1n) is 14.3. The standard InChI is InChI=1S/C27H36Cl2N4O2.C4H6O2/c1-20-5-2-7-26(30-20)33(27(35)8-3-6-21-9-10-24(28)25(29)17-21)14-4-13-31-18-22(19-31)32-15-11-23(34)12-16-32;1-2-3-4(5)6/h2,5,7,9-10,17,22-23,34H,3-4,6,8,11-16,18-19H2,1H3;2-3H,1H3,(H,5,6)/b;3-2+. The number of carboxylic acid groups (broad SMARTS) is 1. The van der Waals surface area contributed by atoms with Gasteiger partial charge in [-0.2, -0.15) is 0 Å². The number of likely N-dealkylation sites (tertiary alicyclic amines) is 2. The first-order valence-corrected chi connectivity index (χ1v) is 15.1. The average Bonchev–Trinajstić information content (AvgIpc) is 2.90. The number of allylic oxidation sites excluding steroid dienone is 1. The maximum atomic E-state index is 13.2. The number of nitrogens with zero attached hydrogens (tertiary/aromatic N) is 4. The molecule has 3 heterocycles. The number of aliphatic hydroxyl groups is 1. The normalized spacial score (nSPS) is 16.7. The summed E-state index contributed by atoms with van der Waals surface area (Å²) < 4.78 is 0. The largest absolute Gasteiger partial charge is 0.478 e. The van der Waals surface area contributed by atoms with Crippen molar-refractivity contribution in [3.63, 3.8) is 0 Å². The van der Waals surface area contributed by atoms with E-state index >= 15 is 0 Å². The Bertz CT molecular complexity index is 1160. The minimum absolute atomic E-state index is 0.108. The molecule has 224 valence electrons. The molecule has 2 fully saturated rings. The number of aliphatic carboxylic acids is 1. The van der Waals surface area contributed by atoms with Crippen molar-refractivity contribution in [2.75, 3.05) is 44.2 Å². The van der Waals surface area contributed by atoms with E-state index in [9.17, 15) is 14.7 Å². The van der Waals surface area contributed by atoms with Crippen LogP contribution in [0.2, 0.25) is 10.0 Å². The van der Waals surface area contributed by atoms with Gasteiger partial charge in [0.2, 0.25) is 5.91 Å². The summed E-state index contributed by atoms with van der Waals surface area (Å²) in [6, 6.07) is 12.1. The summed E-state index contributed by atoms with van der Waals surface area (Å²) in [7, 11) is 0. The molecule has 8 nitrogen and oxygen atoms in total. The molecule has 1 aromatic heterocycles. The smallest absolute Gasteiger partial charge is 0.327 e. The van der Waals surface area contributed by atoms with Crippen LogP contribution in [0.25, 0.3) is 0 Å². The lowest BCUT2D eigenvalue weighted by Crippen LogP contribution is -2.61. The third-order valence-corrected chi connectivity index (χ3v) is 8.15. The van der Waals surface area contributed by atoms with Crippen LogP contribution >= 0.6 is 23.2 Å². The molecule has 0 bridgehead atoms. The van der Waals surface area contributed by atoms with Gasteiger partial charge in [-0.3, -0.25) is 14.6 Å². The molecule has 4 rings (SSSR count). The average molecular weight is 606 g/mol. The number of carboxylic acids is 1. The summed E-state index contributed by atoms with van der Waals surface area (Å²) in [6.45, 7) is 9.43. The maximum Gasteiger partial charge on any atom is 0.327 e. The molecule has 2 aliphatic heterocycles. The van der Waals surface area contributed by atoms with Gasteiger partial charge in [-0.25, -0.2) is 9.78 Å². The van der Waals surface area contributed by atoms with Crippen LogP contribution in [0.4, 0.5) is 5.82 Å². The number of amides is 1. The van der Waals surface area contributed by atoms with Crippen molar-refractivity contribution in [2.45, 2.75) is 64.5 Å². The van der Waals surface area contributed by atoms with E-state index in [1.807, 2.05) is 42.2 Å². The van der Waals surface area contributed by atoms with Gasteiger partial charge in [0.05, 0.1) is 16.1 Å². The van der Waals surface area contributed by atoms with E-state index in [1.165, 1.54) is 6.08 Å². The number of rotatable bonds is 11. The lowest BCUT2D eigenvalue weighted by molar-refractivity contribution is -0.131. The Kier molecular flexibility index (Phi) is 13.6. The lowest BCUT2D eigenvalue weighted by atomic mass is 10.0. The second kappa shape index (κ2) is 16.8. The van der Waals surface area contributed by atoms with Crippen molar-refractivity contribution in [2.24, 2.45) is 0 Å². The molecule has 1 amide bonds. The molecule has 0 atom stereocenters. The molecular formula is C31H42Cl2N4O4. The van der Waals surface area contributed by atoms with Crippen molar-refractivity contribution < 1.29 is 19.8 Å². The van der Waals surface area contributed by atoms with E-state index in [1.54, 1.807) is 13.0 Å². The van der Waals surface area contributed by atoms with Gasteiger partial charge in [-0.1, -0.05) is 41.4 Å². The van der Waals surface area contributed by atoms with Crippen LogP contribution in [-0.2, 0) is 16.0 Å². The zero-order valence-corrected chi connectivity index (χ0v) is 25.5. The molecule has 10 heteroatoms. The molecule has 2 saturated heterocycles. The quantitative estimate of drug-likeness (QED) is 0.339. The Morgan fingerprint density at radius 3 is 2.44 bits per heavy atom. The summed E-state index contributed by atoms with van der Waals surface area (Å²) in [6.07, 6.45) is 7.12. The molecule has 1 aromatic carbocycles. The summed E-state index contributed by atoms with van der Waals surface area (Å²) >= 11 is 12.1. The van der Waals surface area contributed by atoms with Crippen LogP contribution in [0.15, 0.2) is 48.6 Å². The van der Waals surface area contributed by atoms with E-state index in [4.69, 9.17) is 28.3 Å². The molecule has 2 N–H and O–H groups in total. The van der Waals surface area contributed by atoms with Crippen LogP contribution in [0, 0.1) is 6.92 Å². The number of aliphatic hydroxyl groups excluding tert-OH is 1. The Morgan fingerprint density at radius 1 is 1.10 bits per heavy atom. The monoisotopic (exact) mass is 604 g/mol. The first kappa shape index (κ1) is 33.0. The van der Waals surface area contributed by atoms with E-state index < -0.39 is 5.97 Å². The van der Waals surface area contributed by atoms with Crippen molar-refractivity contribution in [1.29, 1.82) is 0 Å². The zero-order chi connectivity index (χ0) is 29.8. The van der Waals surface area contributed by atoms with Crippen molar-refractivity contribution in [1.82, 2.24) is 14.8 Å². The lowest BCUT2D eigenvalue weighted by Gasteiger charge is -2.47. The predicted octanol–water partition coefficient (Wildman–Crippen LogP) is 5.23. The summed E-state index contributed by atoms with van der Waals surface area (Å²) in [4.78, 5) is 34.2. The SMILES string of the molecule is C/C=C/C(=O)O.Cc1cccc(N(CCCN2CC(N3CCC(O)CC3)C2)C(=O)CCCc2ccc(Cl)c(Cl)c2)n1. The van der Waals surface area contributed by atoms with Crippen molar-refractivity contribution >= 4 is 40.9 Å². The van der Waals surface area contributed by atoms with Crippen LogP contribution in [-0.4, -0.2) is 88.3 Å². The number of halogens is 2. The molecule has 0 radical (unpaired) electrons. The van der Waals surface area contributed by atoms with E-state index in [0.717, 1.165) is 88.0 Å². The number of hydrogen-bond donors (Lipinski definition) is 2. The molecule has 0 spiro atoms. The van der Waals surface area contributed by atoms with E-state index in [-0.39, 0.29) is 12.0 Å². The molecule has 41 heavy (non-hydrogen) atoms. The van der Waals surface area contributed by atoms with Crippen molar-refractivity contribution in [3.8, 4) is 0 Å². The highest BCUT2D eigenvalue weighted by atomic mass is 35.5. The van der Waals surface area contributed by atoms with E-state index in [2.05, 4.69) is 14.8 Å². The van der Waals surface area contributed by atoms with Crippen LogP contribution in [0.1, 0.15) is 50.3 Å². The minimum atomic E-state index is -0.891. The number of anilines is 1. The third-order valence-electron chi connectivity index (χ3n) is 7.41. The number of pyridine rings is 1. The van der Waals surface area contributed by atoms with Crippen LogP contribution < -0.4 is 4.90 Å². The van der Waals surface area contributed by atoms with Gasteiger partial charge in [0.1, 0.15) is 5.82 Å². The molecule has 2 aliphatic rings. The number of aromatic nitrogens is 1. The summed E-state index contributed by atoms with van der Waals surface area (Å²) in [5.74, 6) is -0.0491. The Morgan fingerprint density at radius 2 is 1.83 bits per heavy atom. The van der Waals surface area contributed by atoms with Gasteiger partial charge in [0, 0.05) is 57.0 Å². The molecule has 2 aromatic rings. The number of carbonyl (C=O) groups excluding carboxylic acids is 1. The van der Waals surface area contributed by atoms with E-state index in [0.29, 0.717) is 29.1 Å². The number of benzene rings is 1. The molecule has 0 aliphatic carbocycles. The highest BCUT2D eigenvalue weighted by molar-refractivity contribution is 6.42.